The van der Waals surface area contributed by atoms with Crippen molar-refractivity contribution in [2.75, 3.05) is 5.32 Å². The van der Waals surface area contributed by atoms with Gasteiger partial charge in [-0.1, -0.05) is 24.6 Å². The Bertz CT molecular complexity index is 773. The maximum Gasteiger partial charge on any atom is 0.275 e. The molecule has 0 unspecified atom stereocenters. The predicted molar refractivity (Wildman–Crippen MR) is 90.0 cm³/mol. The first-order chi connectivity index (χ1) is 10.7. The summed E-state index contributed by atoms with van der Waals surface area (Å²) in [5.41, 5.74) is 2.46. The molecule has 22 heavy (non-hydrogen) atoms. The quantitative estimate of drug-likeness (QED) is 0.790. The van der Waals surface area contributed by atoms with E-state index < -0.39 is 0 Å². The van der Waals surface area contributed by atoms with E-state index >= 15 is 0 Å². The summed E-state index contributed by atoms with van der Waals surface area (Å²) in [5.74, 6) is -0.157. The van der Waals surface area contributed by atoms with Crippen molar-refractivity contribution in [1.29, 1.82) is 0 Å². The van der Waals surface area contributed by atoms with Crippen LogP contribution in [0.1, 0.15) is 27.9 Å². The number of benzene rings is 1. The van der Waals surface area contributed by atoms with Gasteiger partial charge in [-0.25, -0.2) is 4.98 Å². The fourth-order valence-electron chi connectivity index (χ4n) is 2.16. The maximum atomic E-state index is 12.5. The summed E-state index contributed by atoms with van der Waals surface area (Å²) >= 11 is 1.55. The number of rotatable bonds is 4. The second kappa shape index (κ2) is 6.15. The van der Waals surface area contributed by atoms with Crippen LogP contribution in [0, 0.1) is 6.92 Å². The predicted octanol–water partition coefficient (Wildman–Crippen LogP) is 4.06. The van der Waals surface area contributed by atoms with Crippen LogP contribution in [-0.2, 0) is 6.42 Å². The third kappa shape index (κ3) is 2.94. The summed E-state index contributed by atoms with van der Waals surface area (Å²) < 4.78 is 1.92. The lowest BCUT2D eigenvalue weighted by molar-refractivity contribution is 0.102. The van der Waals surface area contributed by atoms with Gasteiger partial charge in [0.1, 0.15) is 5.69 Å². The van der Waals surface area contributed by atoms with Crippen LogP contribution in [-0.4, -0.2) is 15.5 Å². The average Bonchev–Trinajstić information content (AvgIpc) is 3.18. The second-order valence-electron chi connectivity index (χ2n) is 5.03. The molecule has 0 radical (unpaired) electrons. The zero-order valence-electron chi connectivity index (χ0n) is 12.5. The van der Waals surface area contributed by atoms with E-state index in [1.807, 2.05) is 67.2 Å². The van der Waals surface area contributed by atoms with E-state index in [2.05, 4.69) is 10.3 Å². The molecule has 0 aliphatic heterocycles. The van der Waals surface area contributed by atoms with Gasteiger partial charge >= 0.3 is 0 Å². The average molecular weight is 311 g/mol. The number of hydrogen-bond donors (Lipinski definition) is 1. The van der Waals surface area contributed by atoms with E-state index in [0.717, 1.165) is 27.7 Å². The summed E-state index contributed by atoms with van der Waals surface area (Å²) in [5, 5.41) is 3.73. The van der Waals surface area contributed by atoms with Crippen molar-refractivity contribution >= 4 is 22.9 Å². The molecule has 1 aromatic carbocycles. The fraction of sp³-hybridized carbons (Fsp3) is 0.176. The van der Waals surface area contributed by atoms with Crippen molar-refractivity contribution in [3.8, 4) is 5.13 Å². The summed E-state index contributed by atoms with van der Waals surface area (Å²) in [4.78, 5) is 18.0. The molecule has 1 N–H and O–H groups in total. The maximum absolute atomic E-state index is 12.5. The molecule has 3 aromatic rings. The number of amides is 1. The Labute approximate surface area is 133 Å². The van der Waals surface area contributed by atoms with E-state index in [1.165, 1.54) is 0 Å². The van der Waals surface area contributed by atoms with Crippen LogP contribution in [0.15, 0.2) is 48.8 Å². The lowest BCUT2D eigenvalue weighted by Gasteiger charge is -2.04. The van der Waals surface area contributed by atoms with Crippen LogP contribution in [0.3, 0.4) is 0 Å². The van der Waals surface area contributed by atoms with E-state index in [4.69, 9.17) is 0 Å². The van der Waals surface area contributed by atoms with Crippen LogP contribution < -0.4 is 5.32 Å². The molecular weight excluding hydrogens is 294 g/mol. The van der Waals surface area contributed by atoms with E-state index in [-0.39, 0.29) is 5.91 Å². The molecule has 0 atom stereocenters. The third-order valence-electron chi connectivity index (χ3n) is 3.36. The molecule has 0 fully saturated rings. The molecule has 5 heteroatoms. The Morgan fingerprint density at radius 3 is 2.55 bits per heavy atom. The first kappa shape index (κ1) is 14.5. The highest BCUT2D eigenvalue weighted by Crippen LogP contribution is 2.23. The number of nitrogens with one attached hydrogen (secondary N) is 1. The lowest BCUT2D eigenvalue weighted by atomic mass is 10.2. The summed E-state index contributed by atoms with van der Waals surface area (Å²) in [6.45, 7) is 4.06. The molecule has 0 saturated carbocycles. The molecule has 1 amide bonds. The first-order valence-electron chi connectivity index (χ1n) is 7.18. The molecule has 0 aliphatic rings. The van der Waals surface area contributed by atoms with Gasteiger partial charge in [0, 0.05) is 23.0 Å². The number of anilines is 1. The van der Waals surface area contributed by atoms with Crippen molar-refractivity contribution in [3.05, 3.63) is 64.9 Å². The van der Waals surface area contributed by atoms with Crippen molar-refractivity contribution in [1.82, 2.24) is 9.55 Å². The number of aryl methyl sites for hydroxylation is 2. The highest BCUT2D eigenvalue weighted by molar-refractivity contribution is 7.14. The highest BCUT2D eigenvalue weighted by Gasteiger charge is 2.17. The Hall–Kier alpha value is -2.40. The number of hydrogen-bond acceptors (Lipinski definition) is 3. The molecule has 0 spiro atoms. The fourth-order valence-corrected chi connectivity index (χ4v) is 3.12. The van der Waals surface area contributed by atoms with E-state index in [0.29, 0.717) is 5.69 Å². The first-order valence-corrected chi connectivity index (χ1v) is 8.00. The normalized spacial score (nSPS) is 10.6. The molecule has 2 heterocycles. The number of nitrogens with zero attached hydrogens (tertiary/aromatic N) is 2. The summed E-state index contributed by atoms with van der Waals surface area (Å²) in [6.07, 6.45) is 4.65. The van der Waals surface area contributed by atoms with Crippen LogP contribution in [0.25, 0.3) is 5.13 Å². The Balaban J connectivity index is 1.87. The molecule has 4 nitrogen and oxygen atoms in total. The molecule has 112 valence electrons. The van der Waals surface area contributed by atoms with Gasteiger partial charge in [0.2, 0.25) is 0 Å². The highest BCUT2D eigenvalue weighted by atomic mass is 32.1. The summed E-state index contributed by atoms with van der Waals surface area (Å²) in [6, 6.07) is 11.6. The van der Waals surface area contributed by atoms with Gasteiger partial charge in [0.05, 0.1) is 0 Å². The van der Waals surface area contributed by atoms with Gasteiger partial charge in [-0.3, -0.25) is 4.79 Å². The SMILES string of the molecule is CCc1sc(-n2cccc2)nc1C(=O)Nc1ccc(C)cc1. The van der Waals surface area contributed by atoms with Crippen LogP contribution in [0.5, 0.6) is 0 Å². The van der Waals surface area contributed by atoms with Crippen LogP contribution in [0.2, 0.25) is 0 Å². The van der Waals surface area contributed by atoms with Gasteiger partial charge in [-0.05, 0) is 37.6 Å². The van der Waals surface area contributed by atoms with Crippen LogP contribution in [0.4, 0.5) is 5.69 Å². The minimum atomic E-state index is -0.157. The van der Waals surface area contributed by atoms with Gasteiger partial charge in [-0.15, -0.1) is 11.3 Å². The second-order valence-corrected chi connectivity index (χ2v) is 6.09. The molecule has 2 aromatic heterocycles. The molecule has 3 rings (SSSR count). The van der Waals surface area contributed by atoms with Gasteiger partial charge in [0.25, 0.3) is 5.91 Å². The van der Waals surface area contributed by atoms with E-state index in [9.17, 15) is 4.79 Å². The largest absolute Gasteiger partial charge is 0.321 e. The van der Waals surface area contributed by atoms with Crippen molar-refractivity contribution < 1.29 is 4.79 Å². The summed E-state index contributed by atoms with van der Waals surface area (Å²) in [7, 11) is 0. The Kier molecular flexibility index (Phi) is 4.06. The number of aromatic nitrogens is 2. The molecule has 0 aliphatic carbocycles. The number of carbonyl (C=O) groups excluding carboxylic acids is 1. The molecule has 0 saturated heterocycles. The number of carbonyl (C=O) groups is 1. The lowest BCUT2D eigenvalue weighted by Crippen LogP contribution is -2.14. The van der Waals surface area contributed by atoms with Crippen LogP contribution >= 0.6 is 11.3 Å². The standard InChI is InChI=1S/C17H17N3OS/c1-3-14-15(19-17(22-14)20-10-4-5-11-20)16(21)18-13-8-6-12(2)7-9-13/h4-11H,3H2,1-2H3,(H,18,21). The minimum Gasteiger partial charge on any atom is -0.321 e. The van der Waals surface area contributed by atoms with Crippen molar-refractivity contribution in [3.63, 3.8) is 0 Å². The monoisotopic (exact) mass is 311 g/mol. The van der Waals surface area contributed by atoms with Gasteiger partial charge < -0.3 is 9.88 Å². The third-order valence-corrected chi connectivity index (χ3v) is 4.57. The Morgan fingerprint density at radius 1 is 1.23 bits per heavy atom. The van der Waals surface area contributed by atoms with Crippen molar-refractivity contribution in [2.24, 2.45) is 0 Å². The molecule has 0 bridgehead atoms. The minimum absolute atomic E-state index is 0.157. The van der Waals surface area contributed by atoms with Crippen molar-refractivity contribution in [2.45, 2.75) is 20.3 Å². The smallest absolute Gasteiger partial charge is 0.275 e. The zero-order chi connectivity index (χ0) is 15.5. The zero-order valence-corrected chi connectivity index (χ0v) is 13.4. The molecular formula is C17H17N3OS. The van der Waals surface area contributed by atoms with Gasteiger partial charge in [-0.2, -0.15) is 0 Å². The topological polar surface area (TPSA) is 46.9 Å². The van der Waals surface area contributed by atoms with Gasteiger partial charge in [0.15, 0.2) is 5.13 Å². The Morgan fingerprint density at radius 2 is 1.91 bits per heavy atom. The van der Waals surface area contributed by atoms with E-state index in [1.54, 1.807) is 11.3 Å². The number of thiazole rings is 1.